The van der Waals surface area contributed by atoms with Crippen molar-refractivity contribution in [3.05, 3.63) is 30.1 Å². The summed E-state index contributed by atoms with van der Waals surface area (Å²) in [5.41, 5.74) is 0. The van der Waals surface area contributed by atoms with Gasteiger partial charge in [0.25, 0.3) is 0 Å². The van der Waals surface area contributed by atoms with E-state index in [2.05, 4.69) is 18.8 Å². The van der Waals surface area contributed by atoms with E-state index < -0.39 is 10.0 Å². The second kappa shape index (κ2) is 2.86. The van der Waals surface area contributed by atoms with Crippen LogP contribution in [0.5, 0.6) is 0 Å². The van der Waals surface area contributed by atoms with E-state index >= 15 is 0 Å². The lowest BCUT2D eigenvalue weighted by Crippen LogP contribution is -1.92. The summed E-state index contributed by atoms with van der Waals surface area (Å²) in [4.78, 5) is 1.25. The van der Waals surface area contributed by atoms with E-state index in [0.717, 1.165) is 0 Å². The molecule has 0 amide bonds. The SMILES string of the molecule is CS(C)(C)c1ccc(F)cc1. The largest absolute Gasteiger partial charge is 0.223 e. The summed E-state index contributed by atoms with van der Waals surface area (Å²) >= 11 is 0. The smallest absolute Gasteiger partial charge is 0.123 e. The highest BCUT2D eigenvalue weighted by Gasteiger charge is 2.06. The van der Waals surface area contributed by atoms with E-state index in [9.17, 15) is 4.39 Å². The van der Waals surface area contributed by atoms with Crippen LogP contribution in [0.2, 0.25) is 0 Å². The van der Waals surface area contributed by atoms with Crippen molar-refractivity contribution < 1.29 is 4.39 Å². The van der Waals surface area contributed by atoms with E-state index in [0.29, 0.717) is 0 Å². The van der Waals surface area contributed by atoms with Crippen molar-refractivity contribution in [2.24, 2.45) is 0 Å². The van der Waals surface area contributed by atoms with Crippen LogP contribution in [0, 0.1) is 5.82 Å². The molecule has 0 saturated heterocycles. The van der Waals surface area contributed by atoms with Crippen molar-refractivity contribution in [1.82, 2.24) is 0 Å². The van der Waals surface area contributed by atoms with Gasteiger partial charge in [-0.2, -0.15) is 0 Å². The van der Waals surface area contributed by atoms with Crippen molar-refractivity contribution >= 4 is 10.0 Å². The van der Waals surface area contributed by atoms with E-state index in [1.54, 1.807) is 0 Å². The molecule has 2 heteroatoms. The van der Waals surface area contributed by atoms with Gasteiger partial charge in [0.05, 0.1) is 0 Å². The molecule has 1 aromatic rings. The fourth-order valence-corrected chi connectivity index (χ4v) is 1.80. The molecule has 0 heterocycles. The standard InChI is InChI=1S/C9H13FS/c1-11(2,3)9-6-4-8(10)5-7-9/h4-7H,1-3H3. The highest BCUT2D eigenvalue weighted by molar-refractivity contribution is 8.32. The lowest BCUT2D eigenvalue weighted by Gasteiger charge is -2.25. The van der Waals surface area contributed by atoms with Gasteiger partial charge in [-0.25, -0.2) is 14.4 Å². The van der Waals surface area contributed by atoms with Crippen LogP contribution in [-0.4, -0.2) is 18.8 Å². The number of hydrogen-bond donors (Lipinski definition) is 0. The lowest BCUT2D eigenvalue weighted by molar-refractivity contribution is 0.626. The van der Waals surface area contributed by atoms with Crippen LogP contribution in [0.25, 0.3) is 0 Å². The summed E-state index contributed by atoms with van der Waals surface area (Å²) < 4.78 is 12.5. The molecule has 0 spiro atoms. The number of halogens is 1. The molecule has 0 saturated carbocycles. The molecule has 62 valence electrons. The molecule has 0 nitrogen and oxygen atoms in total. The average Bonchev–Trinajstić information content (AvgIpc) is 1.86. The molecule has 0 N–H and O–H groups in total. The molecule has 0 bridgehead atoms. The third-order valence-corrected chi connectivity index (χ3v) is 3.21. The topological polar surface area (TPSA) is 0 Å². The number of hydrogen-bond acceptors (Lipinski definition) is 0. The molecule has 0 aliphatic heterocycles. The summed E-state index contributed by atoms with van der Waals surface area (Å²) in [6, 6.07) is 6.77. The minimum absolute atomic E-state index is 0.155. The molecular weight excluding hydrogens is 159 g/mol. The van der Waals surface area contributed by atoms with Crippen LogP contribution in [0.1, 0.15) is 0 Å². The second-order valence-corrected chi connectivity index (χ2v) is 7.44. The molecule has 0 aliphatic rings. The predicted octanol–water partition coefficient (Wildman–Crippen LogP) is 2.88. The Kier molecular flexibility index (Phi) is 2.23. The van der Waals surface area contributed by atoms with Crippen LogP contribution in [0.3, 0.4) is 0 Å². The van der Waals surface area contributed by atoms with E-state index in [1.807, 2.05) is 12.1 Å². The van der Waals surface area contributed by atoms with Gasteiger partial charge in [0, 0.05) is 0 Å². The highest BCUT2D eigenvalue weighted by Crippen LogP contribution is 2.44. The van der Waals surface area contributed by atoms with Crippen molar-refractivity contribution in [2.75, 3.05) is 18.8 Å². The minimum atomic E-state index is -0.686. The van der Waals surface area contributed by atoms with Crippen LogP contribution < -0.4 is 0 Å². The number of rotatable bonds is 1. The van der Waals surface area contributed by atoms with Gasteiger partial charge in [-0.1, -0.05) is 0 Å². The highest BCUT2D eigenvalue weighted by atomic mass is 32.3. The average molecular weight is 172 g/mol. The zero-order valence-electron chi connectivity index (χ0n) is 7.10. The fourth-order valence-electron chi connectivity index (χ4n) is 0.843. The summed E-state index contributed by atoms with van der Waals surface area (Å²) in [5.74, 6) is -0.155. The maximum absolute atomic E-state index is 12.5. The summed E-state index contributed by atoms with van der Waals surface area (Å²) in [7, 11) is -0.686. The summed E-state index contributed by atoms with van der Waals surface area (Å²) in [6.45, 7) is 0. The molecule has 0 fully saturated rings. The molecule has 0 unspecified atom stereocenters. The van der Waals surface area contributed by atoms with E-state index in [-0.39, 0.29) is 5.82 Å². The molecule has 0 aliphatic carbocycles. The summed E-state index contributed by atoms with van der Waals surface area (Å²) in [6.07, 6.45) is 6.58. The molecular formula is C9H13FS. The second-order valence-electron chi connectivity index (χ2n) is 3.29. The van der Waals surface area contributed by atoms with Crippen molar-refractivity contribution in [3.8, 4) is 0 Å². The first-order valence-corrected chi connectivity index (χ1v) is 6.30. The Labute approximate surface area is 68.8 Å². The van der Waals surface area contributed by atoms with Gasteiger partial charge >= 0.3 is 0 Å². The lowest BCUT2D eigenvalue weighted by atomic mass is 10.4. The Morgan fingerprint density at radius 2 is 1.45 bits per heavy atom. The van der Waals surface area contributed by atoms with E-state index in [4.69, 9.17) is 0 Å². The van der Waals surface area contributed by atoms with E-state index in [1.165, 1.54) is 17.0 Å². The minimum Gasteiger partial charge on any atom is -0.223 e. The Balaban J connectivity index is 2.99. The Hall–Kier alpha value is -0.500. The first-order valence-electron chi connectivity index (χ1n) is 3.44. The van der Waals surface area contributed by atoms with Crippen LogP contribution >= 0.6 is 10.0 Å². The third kappa shape index (κ3) is 2.22. The maximum atomic E-state index is 12.5. The number of benzene rings is 1. The van der Waals surface area contributed by atoms with Crippen molar-refractivity contribution in [3.63, 3.8) is 0 Å². The van der Waals surface area contributed by atoms with Crippen LogP contribution in [-0.2, 0) is 0 Å². The molecule has 0 aromatic heterocycles. The normalized spacial score (nSPS) is 13.1. The van der Waals surface area contributed by atoms with Gasteiger partial charge in [-0.3, -0.25) is 0 Å². The van der Waals surface area contributed by atoms with Gasteiger partial charge < -0.3 is 0 Å². The molecule has 0 radical (unpaired) electrons. The van der Waals surface area contributed by atoms with Gasteiger partial charge in [-0.05, 0) is 47.9 Å². The van der Waals surface area contributed by atoms with Crippen molar-refractivity contribution in [2.45, 2.75) is 4.90 Å². The van der Waals surface area contributed by atoms with Crippen LogP contribution in [0.4, 0.5) is 4.39 Å². The first-order chi connectivity index (χ1) is 5.00. The predicted molar refractivity (Wildman–Crippen MR) is 50.0 cm³/mol. The zero-order chi connectivity index (χ0) is 8.48. The van der Waals surface area contributed by atoms with Crippen LogP contribution in [0.15, 0.2) is 29.2 Å². The maximum Gasteiger partial charge on any atom is 0.123 e. The molecule has 0 atom stereocenters. The molecule has 11 heavy (non-hydrogen) atoms. The van der Waals surface area contributed by atoms with Gasteiger partial charge in [-0.15, -0.1) is 0 Å². The first kappa shape index (κ1) is 8.60. The third-order valence-electron chi connectivity index (χ3n) is 1.52. The van der Waals surface area contributed by atoms with Gasteiger partial charge in [0.15, 0.2) is 0 Å². The quantitative estimate of drug-likeness (QED) is 0.611. The molecule has 1 aromatic carbocycles. The zero-order valence-corrected chi connectivity index (χ0v) is 7.91. The van der Waals surface area contributed by atoms with Gasteiger partial charge in [0.2, 0.25) is 0 Å². The summed E-state index contributed by atoms with van der Waals surface area (Å²) in [5, 5.41) is 0. The fraction of sp³-hybridized carbons (Fsp3) is 0.333. The van der Waals surface area contributed by atoms with Crippen molar-refractivity contribution in [1.29, 1.82) is 0 Å². The Morgan fingerprint density at radius 1 is 1.00 bits per heavy atom. The Bertz CT molecular complexity index is 233. The van der Waals surface area contributed by atoms with Gasteiger partial charge in [0.1, 0.15) is 5.82 Å². The monoisotopic (exact) mass is 172 g/mol. The molecule has 1 rings (SSSR count). The Morgan fingerprint density at radius 3 is 1.82 bits per heavy atom.